The lowest BCUT2D eigenvalue weighted by molar-refractivity contribution is -0.134. The number of carbonyl (C=O) groups is 4. The molecule has 2 aromatic rings. The third kappa shape index (κ3) is 14.8. The number of carboxylic acids is 4. The van der Waals surface area contributed by atoms with Crippen molar-refractivity contribution in [3.63, 3.8) is 0 Å². The number of fused-ring (bicyclic) bond motifs is 1. The Kier molecular flexibility index (Phi) is 16.1. The van der Waals surface area contributed by atoms with Crippen molar-refractivity contribution in [2.75, 3.05) is 44.2 Å². The summed E-state index contributed by atoms with van der Waals surface area (Å²) in [6.07, 6.45) is 7.62. The Hall–Kier alpha value is -4.78. The van der Waals surface area contributed by atoms with Crippen LogP contribution in [0.15, 0.2) is 61.2 Å². The molecule has 0 saturated carbocycles. The minimum Gasteiger partial charge on any atom is -0.478 e. The fraction of sp³-hybridized carbons (Fsp3) is 0.357. The normalized spacial score (nSPS) is 13.1. The van der Waals surface area contributed by atoms with E-state index < -0.39 is 23.9 Å². The van der Waals surface area contributed by atoms with Crippen LogP contribution in [0.1, 0.15) is 26.2 Å². The topological polar surface area (TPSA) is 191 Å². The lowest BCUT2D eigenvalue weighted by Crippen LogP contribution is -2.46. The standard InChI is InChI=1S/C20H28N4O.2C4H4O4/c1-3-5-8-16-25-19-17-9-6-7-10-18(17)21-20(22-19)24-14-12-23(11-4-2)13-15-24;2*5-3(6)1-2-4(7)8/h4,6-7,9-10H,2-3,5,8,11-16H2,1H3;2*1-2H,(H,5,6)(H,7,8)/b;2*2-1-. The molecule has 2 heterocycles. The maximum atomic E-state index is 9.55. The molecule has 41 heavy (non-hydrogen) atoms. The number of hydrogen-bond donors (Lipinski definition) is 4. The van der Waals surface area contributed by atoms with Crippen molar-refractivity contribution < 1.29 is 44.3 Å². The van der Waals surface area contributed by atoms with E-state index in [1.807, 2.05) is 30.3 Å². The molecule has 0 aliphatic carbocycles. The predicted octanol–water partition coefficient (Wildman–Crippen LogP) is 2.93. The van der Waals surface area contributed by atoms with Crippen molar-refractivity contribution in [1.82, 2.24) is 14.9 Å². The van der Waals surface area contributed by atoms with Crippen LogP contribution in [0.25, 0.3) is 10.9 Å². The summed E-state index contributed by atoms with van der Waals surface area (Å²) in [7, 11) is 0. The second-order valence-corrected chi connectivity index (χ2v) is 8.50. The largest absolute Gasteiger partial charge is 0.478 e. The van der Waals surface area contributed by atoms with Gasteiger partial charge >= 0.3 is 23.9 Å². The van der Waals surface area contributed by atoms with Crippen molar-refractivity contribution >= 4 is 40.7 Å². The average Bonchev–Trinajstić information content (AvgIpc) is 2.94. The molecule has 1 fully saturated rings. The molecule has 4 N–H and O–H groups in total. The van der Waals surface area contributed by atoms with Gasteiger partial charge in [0.05, 0.1) is 17.5 Å². The van der Waals surface area contributed by atoms with Crippen LogP contribution < -0.4 is 9.64 Å². The zero-order valence-electron chi connectivity index (χ0n) is 22.9. The molecule has 0 spiro atoms. The number of hydrogen-bond acceptors (Lipinski definition) is 9. The summed E-state index contributed by atoms with van der Waals surface area (Å²) in [5, 5.41) is 32.2. The van der Waals surface area contributed by atoms with Crippen molar-refractivity contribution in [2.45, 2.75) is 26.2 Å². The van der Waals surface area contributed by atoms with E-state index in [1.165, 1.54) is 12.8 Å². The van der Waals surface area contributed by atoms with Gasteiger partial charge in [0, 0.05) is 57.0 Å². The Labute approximate surface area is 237 Å². The summed E-state index contributed by atoms with van der Waals surface area (Å²) in [5.41, 5.74) is 0.950. The number of anilines is 1. The van der Waals surface area contributed by atoms with Gasteiger partial charge in [0.25, 0.3) is 0 Å². The highest BCUT2D eigenvalue weighted by molar-refractivity contribution is 5.90. The summed E-state index contributed by atoms with van der Waals surface area (Å²) in [4.78, 5) is 52.4. The van der Waals surface area contributed by atoms with Crippen molar-refractivity contribution in [1.29, 1.82) is 0 Å². The quantitative estimate of drug-likeness (QED) is 0.165. The zero-order valence-corrected chi connectivity index (χ0v) is 22.9. The molecular weight excluding hydrogens is 536 g/mol. The maximum absolute atomic E-state index is 9.55. The number of nitrogens with zero attached hydrogens (tertiary/aromatic N) is 4. The van der Waals surface area contributed by atoms with Gasteiger partial charge < -0.3 is 30.1 Å². The van der Waals surface area contributed by atoms with Crippen LogP contribution in [-0.4, -0.2) is 98.5 Å². The molecular formula is C28H36N4O9. The fourth-order valence-corrected chi connectivity index (χ4v) is 3.41. The van der Waals surface area contributed by atoms with Crippen molar-refractivity contribution in [2.24, 2.45) is 0 Å². The Morgan fingerprint density at radius 1 is 0.854 bits per heavy atom. The van der Waals surface area contributed by atoms with Gasteiger partial charge in [-0.05, 0) is 18.6 Å². The summed E-state index contributed by atoms with van der Waals surface area (Å²) < 4.78 is 6.01. The predicted molar refractivity (Wildman–Crippen MR) is 152 cm³/mol. The molecule has 0 atom stereocenters. The molecule has 1 aromatic heterocycles. The lowest BCUT2D eigenvalue weighted by atomic mass is 10.2. The van der Waals surface area contributed by atoms with Crippen molar-refractivity contribution in [3.05, 3.63) is 61.2 Å². The first kappa shape index (κ1) is 34.2. The van der Waals surface area contributed by atoms with E-state index >= 15 is 0 Å². The SMILES string of the molecule is C=CCN1CCN(c2nc(OCCCCC)c3ccccc3n2)CC1.O=C(O)/C=C\C(=O)O.O=C(O)/C=C\C(=O)O. The molecule has 0 amide bonds. The first-order valence-electron chi connectivity index (χ1n) is 12.8. The molecule has 13 heteroatoms. The van der Waals surface area contributed by atoms with Crippen LogP contribution in [0.5, 0.6) is 5.88 Å². The Morgan fingerprint density at radius 2 is 1.39 bits per heavy atom. The average molecular weight is 573 g/mol. The highest BCUT2D eigenvalue weighted by atomic mass is 16.5. The summed E-state index contributed by atoms with van der Waals surface area (Å²) in [6.45, 7) is 11.6. The van der Waals surface area contributed by atoms with Gasteiger partial charge in [-0.15, -0.1) is 6.58 Å². The number of aliphatic carboxylic acids is 4. The van der Waals surface area contributed by atoms with Gasteiger partial charge in [0.15, 0.2) is 0 Å². The Bertz CT molecular complexity index is 1160. The monoisotopic (exact) mass is 572 g/mol. The van der Waals surface area contributed by atoms with Crippen LogP contribution >= 0.6 is 0 Å². The fourth-order valence-electron chi connectivity index (χ4n) is 3.41. The molecule has 1 aliphatic heterocycles. The van der Waals surface area contributed by atoms with Gasteiger partial charge in [0.1, 0.15) is 0 Å². The second-order valence-electron chi connectivity index (χ2n) is 8.50. The summed E-state index contributed by atoms with van der Waals surface area (Å²) in [6, 6.07) is 8.10. The van der Waals surface area contributed by atoms with E-state index in [9.17, 15) is 19.2 Å². The van der Waals surface area contributed by atoms with Crippen LogP contribution in [0.3, 0.4) is 0 Å². The summed E-state index contributed by atoms with van der Waals surface area (Å²) in [5.74, 6) is -3.53. The minimum atomic E-state index is -1.26. The van der Waals surface area contributed by atoms with Gasteiger partial charge in [-0.3, -0.25) is 4.90 Å². The lowest BCUT2D eigenvalue weighted by Gasteiger charge is -2.34. The number of unbranched alkanes of at least 4 members (excludes halogenated alkanes) is 2. The van der Waals surface area contributed by atoms with Gasteiger partial charge in [0.2, 0.25) is 11.8 Å². The van der Waals surface area contributed by atoms with E-state index in [0.717, 1.165) is 56.0 Å². The Morgan fingerprint density at radius 3 is 1.88 bits per heavy atom. The molecule has 3 rings (SSSR count). The molecule has 1 saturated heterocycles. The van der Waals surface area contributed by atoms with Crippen LogP contribution in [0, 0.1) is 0 Å². The molecule has 0 unspecified atom stereocenters. The maximum Gasteiger partial charge on any atom is 0.328 e. The molecule has 222 valence electrons. The smallest absolute Gasteiger partial charge is 0.328 e. The van der Waals surface area contributed by atoms with Crippen molar-refractivity contribution in [3.8, 4) is 5.88 Å². The number of para-hydroxylation sites is 1. The van der Waals surface area contributed by atoms with Crippen LogP contribution in [0.2, 0.25) is 0 Å². The number of ether oxygens (including phenoxy) is 1. The van der Waals surface area contributed by atoms with Gasteiger partial charge in [-0.25, -0.2) is 24.2 Å². The zero-order chi connectivity index (χ0) is 30.6. The molecule has 1 aromatic carbocycles. The number of benzene rings is 1. The number of piperazine rings is 1. The number of rotatable bonds is 12. The van der Waals surface area contributed by atoms with E-state index in [4.69, 9.17) is 35.1 Å². The highest BCUT2D eigenvalue weighted by Crippen LogP contribution is 2.26. The molecule has 0 bridgehead atoms. The molecule has 13 nitrogen and oxygen atoms in total. The second kappa shape index (κ2) is 19.3. The summed E-state index contributed by atoms with van der Waals surface area (Å²) >= 11 is 0. The van der Waals surface area contributed by atoms with Gasteiger partial charge in [-0.2, -0.15) is 4.98 Å². The van der Waals surface area contributed by atoms with E-state index in [2.05, 4.69) is 23.3 Å². The van der Waals surface area contributed by atoms with E-state index in [0.29, 0.717) is 36.8 Å². The van der Waals surface area contributed by atoms with Gasteiger partial charge in [-0.1, -0.05) is 38.0 Å². The van der Waals surface area contributed by atoms with Crippen LogP contribution in [0.4, 0.5) is 5.95 Å². The third-order valence-corrected chi connectivity index (χ3v) is 5.32. The van der Waals surface area contributed by atoms with E-state index in [1.54, 1.807) is 0 Å². The molecule has 1 aliphatic rings. The van der Waals surface area contributed by atoms with E-state index in [-0.39, 0.29) is 0 Å². The third-order valence-electron chi connectivity index (χ3n) is 5.32. The minimum absolute atomic E-state index is 0.558. The Balaban J connectivity index is 0.000000433. The number of carboxylic acid groups (broad SMARTS) is 4. The highest BCUT2D eigenvalue weighted by Gasteiger charge is 2.20. The number of aromatic nitrogens is 2. The first-order chi connectivity index (χ1) is 19.6. The molecule has 0 radical (unpaired) electrons. The van der Waals surface area contributed by atoms with Crippen LogP contribution in [-0.2, 0) is 19.2 Å². The first-order valence-corrected chi connectivity index (χ1v) is 12.8.